The molecular formula is C19H16O2. The molecule has 3 aromatic carbocycles. The van der Waals surface area contributed by atoms with Crippen molar-refractivity contribution in [2.24, 2.45) is 0 Å². The zero-order chi connectivity index (χ0) is 15.0. The van der Waals surface area contributed by atoms with Gasteiger partial charge in [0.1, 0.15) is 0 Å². The third-order valence-electron chi connectivity index (χ3n) is 3.92. The normalized spacial score (nSPS) is 10.8. The molecule has 0 saturated heterocycles. The second-order valence-corrected chi connectivity index (χ2v) is 5.38. The molecule has 0 atom stereocenters. The summed E-state index contributed by atoms with van der Waals surface area (Å²) in [5, 5.41) is 11.4. The molecular weight excluding hydrogens is 260 g/mol. The van der Waals surface area contributed by atoms with E-state index in [0.29, 0.717) is 5.56 Å². The van der Waals surface area contributed by atoms with Gasteiger partial charge in [0.2, 0.25) is 0 Å². The molecule has 0 radical (unpaired) electrons. The molecule has 0 heterocycles. The molecule has 0 aliphatic carbocycles. The van der Waals surface area contributed by atoms with Gasteiger partial charge in [-0.15, -0.1) is 0 Å². The van der Waals surface area contributed by atoms with Gasteiger partial charge in [0.25, 0.3) is 0 Å². The summed E-state index contributed by atoms with van der Waals surface area (Å²) in [4.78, 5) is 10.9. The lowest BCUT2D eigenvalue weighted by atomic mass is 9.97. The molecule has 3 aromatic rings. The molecule has 1 N–H and O–H groups in total. The minimum absolute atomic E-state index is 0.311. The summed E-state index contributed by atoms with van der Waals surface area (Å²) in [6.45, 7) is 4.23. The topological polar surface area (TPSA) is 37.3 Å². The zero-order valence-corrected chi connectivity index (χ0v) is 12.1. The van der Waals surface area contributed by atoms with Gasteiger partial charge in [0, 0.05) is 0 Å². The second kappa shape index (κ2) is 5.06. The minimum atomic E-state index is -0.897. The Morgan fingerprint density at radius 1 is 0.762 bits per heavy atom. The number of hydrogen-bond donors (Lipinski definition) is 1. The lowest BCUT2D eigenvalue weighted by molar-refractivity contribution is 0.0697. The van der Waals surface area contributed by atoms with Gasteiger partial charge in [-0.3, -0.25) is 0 Å². The quantitative estimate of drug-likeness (QED) is 0.728. The molecule has 0 fully saturated rings. The Kier molecular flexibility index (Phi) is 3.22. The number of carboxylic acids is 1. The van der Waals surface area contributed by atoms with Crippen molar-refractivity contribution in [1.29, 1.82) is 0 Å². The second-order valence-electron chi connectivity index (χ2n) is 5.38. The molecule has 0 saturated carbocycles. The standard InChI is InChI=1S/C19H16O2/c1-12-9-16-7-8-17(11-18(16)10-13(12)2)14-3-5-15(6-4-14)19(20)21/h3-11H,1-2H3,(H,20,21). The number of carbonyl (C=O) groups is 1. The summed E-state index contributed by atoms with van der Waals surface area (Å²) in [6, 6.07) is 17.7. The number of aromatic carboxylic acids is 1. The summed E-state index contributed by atoms with van der Waals surface area (Å²) in [5.74, 6) is -0.897. The van der Waals surface area contributed by atoms with Crippen molar-refractivity contribution in [1.82, 2.24) is 0 Å². The first kappa shape index (κ1) is 13.4. The van der Waals surface area contributed by atoms with Crippen LogP contribution < -0.4 is 0 Å². The van der Waals surface area contributed by atoms with Gasteiger partial charge in [-0.05, 0) is 65.1 Å². The van der Waals surface area contributed by atoms with E-state index in [1.54, 1.807) is 12.1 Å². The summed E-state index contributed by atoms with van der Waals surface area (Å²) >= 11 is 0. The first-order valence-corrected chi connectivity index (χ1v) is 6.89. The number of hydrogen-bond acceptors (Lipinski definition) is 1. The first-order valence-electron chi connectivity index (χ1n) is 6.89. The SMILES string of the molecule is Cc1cc2ccc(-c3ccc(C(=O)O)cc3)cc2cc1C. The number of benzene rings is 3. The van der Waals surface area contributed by atoms with Gasteiger partial charge < -0.3 is 5.11 Å². The third kappa shape index (κ3) is 2.52. The van der Waals surface area contributed by atoms with E-state index < -0.39 is 5.97 Å². The molecule has 0 aromatic heterocycles. The Morgan fingerprint density at radius 3 is 1.95 bits per heavy atom. The fourth-order valence-corrected chi connectivity index (χ4v) is 2.51. The van der Waals surface area contributed by atoms with Crippen LogP contribution in [-0.4, -0.2) is 11.1 Å². The van der Waals surface area contributed by atoms with Crippen LogP contribution in [-0.2, 0) is 0 Å². The average Bonchev–Trinajstić information content (AvgIpc) is 2.48. The monoisotopic (exact) mass is 276 g/mol. The number of fused-ring (bicyclic) bond motifs is 1. The summed E-state index contributed by atoms with van der Waals surface area (Å²) in [6.07, 6.45) is 0. The van der Waals surface area contributed by atoms with E-state index in [9.17, 15) is 4.79 Å². The first-order chi connectivity index (χ1) is 10.0. The van der Waals surface area contributed by atoms with E-state index in [2.05, 4.69) is 44.2 Å². The van der Waals surface area contributed by atoms with Gasteiger partial charge in [-0.25, -0.2) is 4.79 Å². The van der Waals surface area contributed by atoms with Crippen LogP contribution >= 0.6 is 0 Å². The largest absolute Gasteiger partial charge is 0.478 e. The van der Waals surface area contributed by atoms with Crippen molar-refractivity contribution in [3.8, 4) is 11.1 Å². The fraction of sp³-hybridized carbons (Fsp3) is 0.105. The van der Waals surface area contributed by atoms with Crippen LogP contribution in [0, 0.1) is 13.8 Å². The van der Waals surface area contributed by atoms with Crippen molar-refractivity contribution in [3.63, 3.8) is 0 Å². The molecule has 3 rings (SSSR count). The smallest absolute Gasteiger partial charge is 0.335 e. The average molecular weight is 276 g/mol. The van der Waals surface area contributed by atoms with Crippen LogP contribution in [0.3, 0.4) is 0 Å². The maximum atomic E-state index is 10.9. The van der Waals surface area contributed by atoms with E-state index in [0.717, 1.165) is 11.1 Å². The van der Waals surface area contributed by atoms with Crippen molar-refractivity contribution in [2.45, 2.75) is 13.8 Å². The van der Waals surface area contributed by atoms with Crippen molar-refractivity contribution in [3.05, 3.63) is 71.3 Å². The van der Waals surface area contributed by atoms with Gasteiger partial charge in [0.15, 0.2) is 0 Å². The Morgan fingerprint density at radius 2 is 1.33 bits per heavy atom. The maximum Gasteiger partial charge on any atom is 0.335 e. The molecule has 104 valence electrons. The maximum absolute atomic E-state index is 10.9. The predicted molar refractivity (Wildman–Crippen MR) is 85.8 cm³/mol. The van der Waals surface area contributed by atoms with Crippen LogP contribution in [0.15, 0.2) is 54.6 Å². The van der Waals surface area contributed by atoms with Crippen LogP contribution in [0.5, 0.6) is 0 Å². The highest BCUT2D eigenvalue weighted by atomic mass is 16.4. The Balaban J connectivity index is 2.08. The summed E-state index contributed by atoms with van der Waals surface area (Å²) < 4.78 is 0. The molecule has 0 amide bonds. The van der Waals surface area contributed by atoms with Crippen LogP contribution in [0.4, 0.5) is 0 Å². The lowest BCUT2D eigenvalue weighted by Crippen LogP contribution is -1.94. The Bertz CT molecular complexity index is 830. The number of rotatable bonds is 2. The van der Waals surface area contributed by atoms with E-state index >= 15 is 0 Å². The Labute approximate surface area is 123 Å². The summed E-state index contributed by atoms with van der Waals surface area (Å²) in [5.41, 5.74) is 5.01. The van der Waals surface area contributed by atoms with Crippen molar-refractivity contribution in [2.75, 3.05) is 0 Å². The van der Waals surface area contributed by atoms with Crippen LogP contribution in [0.1, 0.15) is 21.5 Å². The van der Waals surface area contributed by atoms with Crippen molar-refractivity contribution < 1.29 is 9.90 Å². The molecule has 0 aliphatic rings. The van der Waals surface area contributed by atoms with E-state index in [-0.39, 0.29) is 0 Å². The van der Waals surface area contributed by atoms with E-state index in [1.165, 1.54) is 21.9 Å². The van der Waals surface area contributed by atoms with Crippen LogP contribution in [0.2, 0.25) is 0 Å². The van der Waals surface area contributed by atoms with Crippen molar-refractivity contribution >= 4 is 16.7 Å². The van der Waals surface area contributed by atoms with Gasteiger partial charge in [-0.2, -0.15) is 0 Å². The van der Waals surface area contributed by atoms with E-state index in [4.69, 9.17) is 5.11 Å². The molecule has 0 bridgehead atoms. The molecule has 2 nitrogen and oxygen atoms in total. The lowest BCUT2D eigenvalue weighted by Gasteiger charge is -2.07. The summed E-state index contributed by atoms with van der Waals surface area (Å²) in [7, 11) is 0. The van der Waals surface area contributed by atoms with Gasteiger partial charge >= 0.3 is 5.97 Å². The third-order valence-corrected chi connectivity index (χ3v) is 3.92. The highest BCUT2D eigenvalue weighted by molar-refractivity contribution is 5.90. The molecule has 0 spiro atoms. The number of carboxylic acid groups (broad SMARTS) is 1. The van der Waals surface area contributed by atoms with E-state index in [1.807, 2.05) is 12.1 Å². The molecule has 0 aliphatic heterocycles. The van der Waals surface area contributed by atoms with Gasteiger partial charge in [0.05, 0.1) is 5.56 Å². The molecule has 2 heteroatoms. The highest BCUT2D eigenvalue weighted by Gasteiger charge is 2.05. The molecule has 0 unspecified atom stereocenters. The fourth-order valence-electron chi connectivity index (χ4n) is 2.51. The number of aryl methyl sites for hydroxylation is 2. The zero-order valence-electron chi connectivity index (χ0n) is 12.1. The minimum Gasteiger partial charge on any atom is -0.478 e. The van der Waals surface area contributed by atoms with Gasteiger partial charge in [-0.1, -0.05) is 36.4 Å². The van der Waals surface area contributed by atoms with Crippen LogP contribution in [0.25, 0.3) is 21.9 Å². The predicted octanol–water partition coefficient (Wildman–Crippen LogP) is 4.82. The molecule has 21 heavy (non-hydrogen) atoms. The highest BCUT2D eigenvalue weighted by Crippen LogP contribution is 2.26. The Hall–Kier alpha value is -2.61.